The van der Waals surface area contributed by atoms with Gasteiger partial charge in [-0.2, -0.15) is 35.1 Å². The molecule has 4 rings (SSSR count). The molecule has 4 unspecified atom stereocenters. The van der Waals surface area contributed by atoms with Crippen molar-refractivity contribution in [2.24, 2.45) is 0 Å². The second kappa shape index (κ2) is 8.90. The van der Waals surface area contributed by atoms with Crippen LogP contribution in [-0.4, -0.2) is 33.7 Å². The number of alkyl halides is 12. The highest BCUT2D eigenvalue weighted by atomic mass is 32.2. The van der Waals surface area contributed by atoms with Crippen molar-refractivity contribution in [1.82, 2.24) is 0 Å². The first-order chi connectivity index (χ1) is 18.5. The Morgan fingerprint density at radius 3 is 1.05 bits per heavy atom. The molecule has 2 aromatic carbocycles. The Kier molecular flexibility index (Phi) is 6.78. The van der Waals surface area contributed by atoms with E-state index in [1.54, 1.807) is 0 Å². The van der Waals surface area contributed by atoms with E-state index in [4.69, 9.17) is 0 Å². The van der Waals surface area contributed by atoms with E-state index in [0.29, 0.717) is 12.1 Å². The minimum Gasteiger partial charge on any atom is -0.224 e. The standard InChI is InChI=1S/C26H16F14S/c1-13-7-3-5-9-15(13)21(31)17(27)11-19(29,23(33,34)25(21,37)38)41-20(30)12-18(28)22(32,26(39,40)24(20,35)36)16-10-6-4-8-14(16)2/h3-12H,1-2H3. The average molecular weight is 626 g/mol. The van der Waals surface area contributed by atoms with Crippen LogP contribution in [-0.2, 0) is 11.3 Å². The zero-order valence-electron chi connectivity index (χ0n) is 20.5. The number of rotatable bonds is 4. The molecule has 2 aromatic rings. The molecule has 0 aliphatic heterocycles. The van der Waals surface area contributed by atoms with E-state index in [1.807, 2.05) is 0 Å². The molecule has 15 heteroatoms. The molecule has 0 N–H and O–H groups in total. The zero-order chi connectivity index (χ0) is 31.2. The summed E-state index contributed by atoms with van der Waals surface area (Å²) in [5.74, 6) is -32.4. The summed E-state index contributed by atoms with van der Waals surface area (Å²) < 4.78 is 213. The summed E-state index contributed by atoms with van der Waals surface area (Å²) in [6.07, 6.45) is -2.61. The molecule has 0 bridgehead atoms. The molecule has 0 heterocycles. The largest absolute Gasteiger partial charge is 0.360 e. The quantitative estimate of drug-likeness (QED) is 0.305. The van der Waals surface area contributed by atoms with E-state index >= 15 is 52.7 Å². The monoisotopic (exact) mass is 626 g/mol. The third-order valence-corrected chi connectivity index (χ3v) is 8.47. The second-order valence-electron chi connectivity index (χ2n) is 9.62. The summed E-state index contributed by atoms with van der Waals surface area (Å²) in [5.41, 5.74) is -14.3. The SMILES string of the molecule is Cc1ccccc1C1(F)C(F)=CC(F)(SC2(F)C=C(F)C(F)(c3ccccc3C)C(F)(F)C2(F)F)C(F)(F)C1(F)F. The minimum atomic E-state index is -6.65. The fraction of sp³-hybridized carbons (Fsp3) is 0.385. The van der Waals surface area contributed by atoms with E-state index in [-0.39, 0.29) is 0 Å². The molecular formula is C26H16F14S. The fourth-order valence-corrected chi connectivity index (χ4v) is 6.05. The zero-order valence-corrected chi connectivity index (χ0v) is 21.3. The van der Waals surface area contributed by atoms with Crippen molar-refractivity contribution >= 4 is 11.8 Å². The smallest absolute Gasteiger partial charge is 0.224 e. The van der Waals surface area contributed by atoms with E-state index in [9.17, 15) is 8.78 Å². The van der Waals surface area contributed by atoms with Crippen molar-refractivity contribution in [3.8, 4) is 0 Å². The van der Waals surface area contributed by atoms with Crippen molar-refractivity contribution in [3.63, 3.8) is 0 Å². The summed E-state index contributed by atoms with van der Waals surface area (Å²) in [6.45, 7) is 1.77. The van der Waals surface area contributed by atoms with Crippen LogP contribution in [0.4, 0.5) is 61.5 Å². The topological polar surface area (TPSA) is 0 Å². The number of aryl methyl sites for hydroxylation is 2. The van der Waals surface area contributed by atoms with Crippen LogP contribution in [0.15, 0.2) is 72.3 Å². The van der Waals surface area contributed by atoms with Gasteiger partial charge in [0.25, 0.3) is 11.3 Å². The lowest BCUT2D eigenvalue weighted by molar-refractivity contribution is -0.305. The lowest BCUT2D eigenvalue weighted by Gasteiger charge is -2.50. The number of thioether (sulfide) groups is 1. The van der Waals surface area contributed by atoms with E-state index < -0.39 is 103 Å². The molecule has 2 aliphatic rings. The Morgan fingerprint density at radius 2 is 0.756 bits per heavy atom. The molecule has 0 fully saturated rings. The Balaban J connectivity index is 1.93. The van der Waals surface area contributed by atoms with Crippen LogP contribution in [0, 0.1) is 13.8 Å². The molecule has 0 aromatic heterocycles. The summed E-state index contributed by atoms with van der Waals surface area (Å²) >= 11 is -2.39. The summed E-state index contributed by atoms with van der Waals surface area (Å²) in [4.78, 5) is 0. The molecule has 0 nitrogen and oxygen atoms in total. The summed E-state index contributed by atoms with van der Waals surface area (Å²) in [5, 5.41) is -11.5. The van der Waals surface area contributed by atoms with Crippen molar-refractivity contribution < 1.29 is 61.5 Å². The molecule has 0 spiro atoms. The van der Waals surface area contributed by atoms with Crippen LogP contribution in [0.5, 0.6) is 0 Å². The van der Waals surface area contributed by atoms with Crippen LogP contribution < -0.4 is 0 Å². The van der Waals surface area contributed by atoms with E-state index in [0.717, 1.165) is 50.2 Å². The first kappa shape index (κ1) is 31.2. The molecule has 41 heavy (non-hydrogen) atoms. The molecule has 0 saturated heterocycles. The number of allylic oxidation sites excluding steroid dienone is 2. The second-order valence-corrected chi connectivity index (χ2v) is 11.0. The first-order valence-electron chi connectivity index (χ1n) is 11.4. The lowest BCUT2D eigenvalue weighted by atomic mass is 9.76. The van der Waals surface area contributed by atoms with Gasteiger partial charge in [0.2, 0.25) is 10.0 Å². The normalized spacial score (nSPS) is 35.4. The summed E-state index contributed by atoms with van der Waals surface area (Å²) in [7, 11) is 0. The highest BCUT2D eigenvalue weighted by Crippen LogP contribution is 2.71. The molecule has 0 saturated carbocycles. The third kappa shape index (κ3) is 3.62. The van der Waals surface area contributed by atoms with Crippen LogP contribution in [0.25, 0.3) is 0 Å². The van der Waals surface area contributed by atoms with Crippen LogP contribution in [0.3, 0.4) is 0 Å². The van der Waals surface area contributed by atoms with Gasteiger partial charge in [0, 0.05) is 23.3 Å². The molecular weight excluding hydrogens is 610 g/mol. The first-order valence-corrected chi connectivity index (χ1v) is 12.2. The van der Waals surface area contributed by atoms with Gasteiger partial charge in [0.15, 0.2) is 0 Å². The van der Waals surface area contributed by atoms with E-state index in [2.05, 4.69) is 0 Å². The number of benzene rings is 2. The Hall–Kier alpha value is -2.71. The van der Waals surface area contributed by atoms with Crippen LogP contribution in [0.1, 0.15) is 22.3 Å². The maximum absolute atomic E-state index is 15.6. The molecule has 0 amide bonds. The van der Waals surface area contributed by atoms with Gasteiger partial charge in [-0.05, 0) is 25.0 Å². The Morgan fingerprint density at radius 1 is 0.463 bits per heavy atom. The fourth-order valence-electron chi connectivity index (χ4n) is 4.78. The molecule has 4 atom stereocenters. The highest BCUT2D eigenvalue weighted by molar-refractivity contribution is 8.02. The maximum atomic E-state index is 15.6. The van der Waals surface area contributed by atoms with Crippen molar-refractivity contribution in [2.45, 2.75) is 58.9 Å². The average Bonchev–Trinajstić information content (AvgIpc) is 2.86. The van der Waals surface area contributed by atoms with Gasteiger partial charge in [-0.1, -0.05) is 60.3 Å². The molecule has 224 valence electrons. The van der Waals surface area contributed by atoms with Crippen LogP contribution in [0.2, 0.25) is 0 Å². The Labute approximate surface area is 227 Å². The van der Waals surface area contributed by atoms with Gasteiger partial charge in [-0.25, -0.2) is 26.3 Å². The van der Waals surface area contributed by atoms with Crippen molar-refractivity contribution in [1.29, 1.82) is 0 Å². The highest BCUT2D eigenvalue weighted by Gasteiger charge is 2.88. The maximum Gasteiger partial charge on any atom is 0.360 e. The molecule has 0 radical (unpaired) electrons. The third-order valence-electron chi connectivity index (χ3n) is 7.12. The van der Waals surface area contributed by atoms with Crippen molar-refractivity contribution in [2.75, 3.05) is 0 Å². The van der Waals surface area contributed by atoms with E-state index in [1.165, 1.54) is 0 Å². The number of hydrogen-bond donors (Lipinski definition) is 0. The van der Waals surface area contributed by atoms with Gasteiger partial charge in [0.05, 0.1) is 0 Å². The van der Waals surface area contributed by atoms with Gasteiger partial charge in [-0.3, -0.25) is 0 Å². The van der Waals surface area contributed by atoms with Gasteiger partial charge in [-0.15, -0.1) is 0 Å². The van der Waals surface area contributed by atoms with Crippen molar-refractivity contribution in [3.05, 3.63) is 94.6 Å². The summed E-state index contributed by atoms with van der Waals surface area (Å²) in [6, 6.07) is 6.50. The molecule has 2 aliphatic carbocycles. The Bertz CT molecular complexity index is 1340. The minimum absolute atomic E-state index is 0.433. The van der Waals surface area contributed by atoms with Crippen LogP contribution >= 0.6 is 11.8 Å². The predicted molar refractivity (Wildman–Crippen MR) is 121 cm³/mol. The van der Waals surface area contributed by atoms with Gasteiger partial charge < -0.3 is 0 Å². The predicted octanol–water partition coefficient (Wildman–Crippen LogP) is 9.67. The van der Waals surface area contributed by atoms with Gasteiger partial charge in [0.1, 0.15) is 11.7 Å². The lowest BCUT2D eigenvalue weighted by Crippen LogP contribution is -2.69. The number of halogens is 14. The number of hydrogen-bond acceptors (Lipinski definition) is 1. The van der Waals surface area contributed by atoms with Gasteiger partial charge >= 0.3 is 23.7 Å².